The Labute approximate surface area is 103 Å². The third-order valence-corrected chi connectivity index (χ3v) is 3.93. The molecule has 0 heterocycles. The van der Waals surface area contributed by atoms with Crippen LogP contribution < -0.4 is 0 Å². The van der Waals surface area contributed by atoms with E-state index in [1.807, 2.05) is 0 Å². The van der Waals surface area contributed by atoms with E-state index in [0.29, 0.717) is 12.0 Å². The number of nitrogens with zero attached hydrogens (tertiary/aromatic N) is 1. The molecule has 0 aliphatic heterocycles. The Hall–Kier alpha value is -0.300. The van der Waals surface area contributed by atoms with Gasteiger partial charge >= 0.3 is 0 Å². The van der Waals surface area contributed by atoms with Gasteiger partial charge in [-0.2, -0.15) is 0 Å². The van der Waals surface area contributed by atoms with Gasteiger partial charge in [-0.05, 0) is 31.7 Å². The van der Waals surface area contributed by atoms with Gasteiger partial charge in [0.2, 0.25) is 0 Å². The van der Waals surface area contributed by atoms with Crippen LogP contribution in [0, 0.1) is 17.8 Å². The van der Waals surface area contributed by atoms with Crippen LogP contribution in [0.1, 0.15) is 48.0 Å². The van der Waals surface area contributed by atoms with Gasteiger partial charge in [0.1, 0.15) is 0 Å². The molecule has 16 heavy (non-hydrogen) atoms. The minimum Gasteiger partial charge on any atom is -0.300 e. The predicted octanol–water partition coefficient (Wildman–Crippen LogP) is 4.20. The molecule has 0 saturated heterocycles. The first-order chi connectivity index (χ1) is 7.31. The van der Waals surface area contributed by atoms with Crippen LogP contribution in [0.25, 0.3) is 0 Å². The van der Waals surface area contributed by atoms with Crippen molar-refractivity contribution in [3.05, 3.63) is 12.2 Å². The highest BCUT2D eigenvalue weighted by molar-refractivity contribution is 5.06. The molecule has 2 atom stereocenters. The molecule has 0 aromatic carbocycles. The van der Waals surface area contributed by atoms with Gasteiger partial charge in [0, 0.05) is 12.6 Å². The number of likely N-dealkylation sites (N-methyl/N-ethyl adjacent to an activating group) is 1. The maximum atomic E-state index is 4.21. The molecular formula is C15H31N. The van der Waals surface area contributed by atoms with Gasteiger partial charge in [0.15, 0.2) is 0 Å². The van der Waals surface area contributed by atoms with Crippen molar-refractivity contribution in [2.45, 2.75) is 54.0 Å². The van der Waals surface area contributed by atoms with Crippen molar-refractivity contribution in [1.82, 2.24) is 4.90 Å². The Morgan fingerprint density at radius 3 is 1.94 bits per heavy atom. The lowest BCUT2D eigenvalue weighted by Crippen LogP contribution is -2.37. The van der Waals surface area contributed by atoms with E-state index < -0.39 is 0 Å². The van der Waals surface area contributed by atoms with Crippen LogP contribution >= 0.6 is 0 Å². The molecule has 0 aliphatic rings. The van der Waals surface area contributed by atoms with E-state index in [-0.39, 0.29) is 0 Å². The highest BCUT2D eigenvalue weighted by Crippen LogP contribution is 2.20. The van der Waals surface area contributed by atoms with Gasteiger partial charge in [0.05, 0.1) is 0 Å². The molecule has 1 heteroatoms. The minimum absolute atomic E-state index is 0.493. The minimum atomic E-state index is 0.493. The van der Waals surface area contributed by atoms with Crippen molar-refractivity contribution in [3.8, 4) is 0 Å². The monoisotopic (exact) mass is 225 g/mol. The lowest BCUT2D eigenvalue weighted by Gasteiger charge is -2.32. The van der Waals surface area contributed by atoms with Crippen LogP contribution in [-0.2, 0) is 0 Å². The average Bonchev–Trinajstić information content (AvgIpc) is 2.22. The molecule has 2 unspecified atom stereocenters. The molecular weight excluding hydrogens is 194 g/mol. The molecule has 0 aromatic heterocycles. The quantitative estimate of drug-likeness (QED) is 0.587. The Morgan fingerprint density at radius 2 is 1.62 bits per heavy atom. The van der Waals surface area contributed by atoms with Crippen molar-refractivity contribution in [2.75, 3.05) is 13.6 Å². The van der Waals surface area contributed by atoms with Crippen LogP contribution in [0.4, 0.5) is 0 Å². The summed E-state index contributed by atoms with van der Waals surface area (Å²) in [4.78, 5) is 2.45. The van der Waals surface area contributed by atoms with E-state index in [1.165, 1.54) is 18.5 Å². The summed E-state index contributed by atoms with van der Waals surface area (Å²) in [5.41, 5.74) is 1.35. The smallest absolute Gasteiger partial charge is 0.0276 e. The molecule has 0 bridgehead atoms. The number of rotatable bonds is 7. The fraction of sp³-hybridized carbons (Fsp3) is 0.867. The van der Waals surface area contributed by atoms with E-state index in [9.17, 15) is 0 Å². The van der Waals surface area contributed by atoms with Crippen LogP contribution in [0.5, 0.6) is 0 Å². The Kier molecular flexibility index (Phi) is 6.98. The standard InChI is InChI=1S/C15H31N/c1-9-15(12(4)5)10-16(8)14(7)13(6)11(2)3/h11-12,14-15H,6,9-10H2,1-5,7-8H3. The second-order valence-electron chi connectivity index (χ2n) is 5.76. The Morgan fingerprint density at radius 1 is 1.12 bits per heavy atom. The van der Waals surface area contributed by atoms with Crippen LogP contribution in [0.2, 0.25) is 0 Å². The first kappa shape index (κ1) is 15.7. The summed E-state index contributed by atoms with van der Waals surface area (Å²) in [7, 11) is 2.23. The SMILES string of the molecule is C=C(C(C)C)C(C)N(C)CC(CC)C(C)C. The van der Waals surface area contributed by atoms with E-state index in [1.54, 1.807) is 0 Å². The van der Waals surface area contributed by atoms with Crippen molar-refractivity contribution >= 4 is 0 Å². The maximum absolute atomic E-state index is 4.21. The second-order valence-corrected chi connectivity index (χ2v) is 5.76. The Bertz CT molecular complexity index is 205. The normalized spacial score (nSPS) is 15.9. The van der Waals surface area contributed by atoms with E-state index in [0.717, 1.165) is 11.8 Å². The van der Waals surface area contributed by atoms with Crippen LogP contribution in [0.15, 0.2) is 12.2 Å². The predicted molar refractivity (Wildman–Crippen MR) is 74.7 cm³/mol. The first-order valence-electron chi connectivity index (χ1n) is 6.70. The molecule has 0 aromatic rings. The zero-order chi connectivity index (χ0) is 12.9. The summed E-state index contributed by atoms with van der Waals surface area (Å²) < 4.78 is 0. The molecule has 0 saturated carbocycles. The van der Waals surface area contributed by atoms with Crippen molar-refractivity contribution in [3.63, 3.8) is 0 Å². The maximum Gasteiger partial charge on any atom is 0.0276 e. The van der Waals surface area contributed by atoms with Gasteiger partial charge in [0.25, 0.3) is 0 Å². The summed E-state index contributed by atoms with van der Waals surface area (Å²) in [5.74, 6) is 2.15. The zero-order valence-electron chi connectivity index (χ0n) is 12.4. The Balaban J connectivity index is 4.33. The fourth-order valence-corrected chi connectivity index (χ4v) is 2.10. The lowest BCUT2D eigenvalue weighted by atomic mass is 9.91. The number of hydrogen-bond donors (Lipinski definition) is 0. The third-order valence-electron chi connectivity index (χ3n) is 3.93. The summed E-state index contributed by atoms with van der Waals surface area (Å²) >= 11 is 0. The van der Waals surface area contributed by atoms with Crippen molar-refractivity contribution in [2.24, 2.45) is 17.8 Å². The largest absolute Gasteiger partial charge is 0.300 e. The van der Waals surface area contributed by atoms with E-state index >= 15 is 0 Å². The summed E-state index contributed by atoms with van der Waals surface area (Å²) in [6.45, 7) is 19.1. The van der Waals surface area contributed by atoms with Gasteiger partial charge < -0.3 is 0 Å². The summed E-state index contributed by atoms with van der Waals surface area (Å²) in [5, 5.41) is 0. The zero-order valence-corrected chi connectivity index (χ0v) is 12.4. The first-order valence-corrected chi connectivity index (χ1v) is 6.70. The van der Waals surface area contributed by atoms with E-state index in [4.69, 9.17) is 0 Å². The van der Waals surface area contributed by atoms with Crippen LogP contribution in [0.3, 0.4) is 0 Å². The summed E-state index contributed by atoms with van der Waals surface area (Å²) in [6, 6.07) is 0.493. The molecule has 0 rings (SSSR count). The second kappa shape index (κ2) is 7.11. The van der Waals surface area contributed by atoms with E-state index in [2.05, 4.69) is 60.1 Å². The van der Waals surface area contributed by atoms with Gasteiger partial charge in [-0.1, -0.05) is 53.2 Å². The third kappa shape index (κ3) is 4.69. The van der Waals surface area contributed by atoms with Gasteiger partial charge in [-0.15, -0.1) is 0 Å². The molecule has 0 radical (unpaired) electrons. The van der Waals surface area contributed by atoms with Crippen LogP contribution in [-0.4, -0.2) is 24.5 Å². The highest BCUT2D eigenvalue weighted by atomic mass is 15.1. The molecule has 96 valence electrons. The molecule has 0 amide bonds. The molecule has 0 aliphatic carbocycles. The molecule has 0 fully saturated rings. The molecule has 0 N–H and O–H groups in total. The highest BCUT2D eigenvalue weighted by Gasteiger charge is 2.19. The van der Waals surface area contributed by atoms with Crippen molar-refractivity contribution < 1.29 is 0 Å². The average molecular weight is 225 g/mol. The number of hydrogen-bond acceptors (Lipinski definition) is 1. The molecule has 0 spiro atoms. The van der Waals surface area contributed by atoms with Gasteiger partial charge in [-0.25, -0.2) is 0 Å². The van der Waals surface area contributed by atoms with Crippen molar-refractivity contribution in [1.29, 1.82) is 0 Å². The lowest BCUT2D eigenvalue weighted by molar-refractivity contribution is 0.199. The summed E-state index contributed by atoms with van der Waals surface area (Å²) in [6.07, 6.45) is 1.27. The topological polar surface area (TPSA) is 3.24 Å². The molecule has 1 nitrogen and oxygen atoms in total. The fourth-order valence-electron chi connectivity index (χ4n) is 2.10. The van der Waals surface area contributed by atoms with Gasteiger partial charge in [-0.3, -0.25) is 4.90 Å².